The zero-order chi connectivity index (χ0) is 25.9. The molecule has 1 saturated heterocycles. The van der Waals surface area contributed by atoms with Crippen LogP contribution in [0.15, 0.2) is 30.4 Å². The minimum Gasteiger partial charge on any atom is -0.466 e. The fraction of sp³-hybridized carbons (Fsp3) is 0.607. The molecule has 1 aliphatic heterocycles. The number of ether oxygens (including phenoxy) is 1. The summed E-state index contributed by atoms with van der Waals surface area (Å²) in [5.74, 6) is -2.70. The van der Waals surface area contributed by atoms with Gasteiger partial charge in [-0.1, -0.05) is 45.1 Å². The van der Waals surface area contributed by atoms with E-state index in [1.807, 2.05) is 65.0 Å². The van der Waals surface area contributed by atoms with Gasteiger partial charge in [0.1, 0.15) is 6.04 Å². The highest BCUT2D eigenvalue weighted by atomic mass is 16.5. The molecule has 1 fully saturated rings. The number of carbonyl (C=O) groups excluding carboxylic acids is 3. The largest absolute Gasteiger partial charge is 0.466 e. The molecule has 7 nitrogen and oxygen atoms in total. The number of anilines is 1. The molecule has 0 unspecified atom stereocenters. The van der Waals surface area contributed by atoms with Gasteiger partial charge in [0.15, 0.2) is 0 Å². The molecule has 0 radical (unpaired) electrons. The van der Waals surface area contributed by atoms with E-state index in [-0.39, 0.29) is 36.9 Å². The monoisotopic (exact) mass is 484 g/mol. The van der Waals surface area contributed by atoms with Gasteiger partial charge in [-0.25, -0.2) is 0 Å². The SMILES string of the molecule is CCOC(=O)[C@H]1[C@@H]2C(=O)N([C@@H](CO)CC(C)C)[C@H](C(=O)Nc3cc(C)ccc3C)[C@H]2C=C[C@H]1CC. The molecule has 0 bridgehead atoms. The number of allylic oxidation sites excluding steroid dienone is 1. The number of fused-ring (bicyclic) bond motifs is 1. The Labute approximate surface area is 208 Å². The summed E-state index contributed by atoms with van der Waals surface area (Å²) in [4.78, 5) is 42.4. The molecule has 192 valence electrons. The van der Waals surface area contributed by atoms with Crippen molar-refractivity contribution in [3.8, 4) is 0 Å². The Balaban J connectivity index is 2.07. The Morgan fingerprint density at radius 1 is 1.17 bits per heavy atom. The number of carbonyl (C=O) groups is 3. The van der Waals surface area contributed by atoms with Crippen LogP contribution in [-0.4, -0.2) is 53.1 Å². The first-order valence-corrected chi connectivity index (χ1v) is 12.8. The maximum Gasteiger partial charge on any atom is 0.310 e. The second-order valence-electron chi connectivity index (χ2n) is 10.3. The van der Waals surface area contributed by atoms with Crippen LogP contribution in [0.4, 0.5) is 5.69 Å². The van der Waals surface area contributed by atoms with Crippen LogP contribution in [0.25, 0.3) is 0 Å². The van der Waals surface area contributed by atoms with Crippen molar-refractivity contribution in [2.75, 3.05) is 18.5 Å². The third-order valence-corrected chi connectivity index (χ3v) is 7.34. The van der Waals surface area contributed by atoms with E-state index in [1.54, 1.807) is 11.8 Å². The molecule has 6 atom stereocenters. The third-order valence-electron chi connectivity index (χ3n) is 7.34. The number of amides is 2. The predicted octanol–water partition coefficient (Wildman–Crippen LogP) is 3.87. The zero-order valence-corrected chi connectivity index (χ0v) is 21.8. The standard InChI is InChI=1S/C28H40N2O5/c1-7-19-11-12-21-24(23(19)28(34)35-8-2)27(33)30(20(15-31)13-16(3)4)25(21)26(32)29-22-14-17(5)9-10-18(22)6/h9-12,14,16,19-21,23-25,31H,7-8,13,15H2,1-6H3,(H,29,32)/t19-,20-,21+,23-,24-,25+/m1/s1. The highest BCUT2D eigenvalue weighted by molar-refractivity contribution is 6.02. The minimum absolute atomic E-state index is 0.139. The van der Waals surface area contributed by atoms with E-state index in [1.165, 1.54) is 0 Å². The summed E-state index contributed by atoms with van der Waals surface area (Å²) in [6.07, 6.45) is 5.14. The molecule has 1 aromatic carbocycles. The summed E-state index contributed by atoms with van der Waals surface area (Å²) in [6.45, 7) is 11.6. The van der Waals surface area contributed by atoms with Gasteiger partial charge in [-0.05, 0) is 62.6 Å². The molecule has 0 saturated carbocycles. The first kappa shape index (κ1) is 26.9. The Kier molecular flexibility index (Phi) is 8.75. The number of aryl methyl sites for hydroxylation is 2. The Morgan fingerprint density at radius 2 is 1.89 bits per heavy atom. The summed E-state index contributed by atoms with van der Waals surface area (Å²) in [7, 11) is 0. The van der Waals surface area contributed by atoms with Gasteiger partial charge >= 0.3 is 5.97 Å². The second kappa shape index (κ2) is 11.4. The molecule has 35 heavy (non-hydrogen) atoms. The first-order chi connectivity index (χ1) is 16.6. The molecule has 3 rings (SSSR count). The summed E-state index contributed by atoms with van der Waals surface area (Å²) in [5.41, 5.74) is 2.64. The van der Waals surface area contributed by atoms with Crippen LogP contribution in [0.2, 0.25) is 0 Å². The number of esters is 1. The van der Waals surface area contributed by atoms with Crippen molar-refractivity contribution >= 4 is 23.5 Å². The van der Waals surface area contributed by atoms with Crippen LogP contribution >= 0.6 is 0 Å². The summed E-state index contributed by atoms with van der Waals surface area (Å²) in [5, 5.41) is 13.3. The Morgan fingerprint density at radius 3 is 2.49 bits per heavy atom. The maximum absolute atomic E-state index is 14.0. The van der Waals surface area contributed by atoms with E-state index in [0.29, 0.717) is 18.5 Å². The van der Waals surface area contributed by atoms with Gasteiger partial charge < -0.3 is 20.1 Å². The number of aliphatic hydroxyl groups excluding tert-OH is 1. The fourth-order valence-electron chi connectivity index (χ4n) is 5.69. The molecule has 1 aliphatic carbocycles. The quantitative estimate of drug-likeness (QED) is 0.410. The molecule has 0 spiro atoms. The smallest absolute Gasteiger partial charge is 0.310 e. The zero-order valence-electron chi connectivity index (χ0n) is 21.8. The number of nitrogens with zero attached hydrogens (tertiary/aromatic N) is 1. The average molecular weight is 485 g/mol. The lowest BCUT2D eigenvalue weighted by Gasteiger charge is -2.34. The second-order valence-corrected chi connectivity index (χ2v) is 10.3. The van der Waals surface area contributed by atoms with Crippen LogP contribution in [-0.2, 0) is 19.1 Å². The van der Waals surface area contributed by atoms with Gasteiger partial charge in [0, 0.05) is 11.6 Å². The van der Waals surface area contributed by atoms with E-state index in [9.17, 15) is 19.5 Å². The average Bonchev–Trinajstić information content (AvgIpc) is 3.11. The van der Waals surface area contributed by atoms with Crippen molar-refractivity contribution in [2.45, 2.75) is 66.5 Å². The number of nitrogens with one attached hydrogen (secondary N) is 1. The van der Waals surface area contributed by atoms with Gasteiger partial charge in [0.2, 0.25) is 11.8 Å². The van der Waals surface area contributed by atoms with Crippen LogP contribution in [0.3, 0.4) is 0 Å². The van der Waals surface area contributed by atoms with E-state index in [4.69, 9.17) is 4.74 Å². The summed E-state index contributed by atoms with van der Waals surface area (Å²) in [6, 6.07) is 4.50. The Bertz CT molecular complexity index is 972. The number of rotatable bonds is 9. The highest BCUT2D eigenvalue weighted by Crippen LogP contribution is 2.46. The molecule has 1 heterocycles. The lowest BCUT2D eigenvalue weighted by atomic mass is 9.69. The van der Waals surface area contributed by atoms with E-state index in [2.05, 4.69) is 5.32 Å². The molecule has 2 N–H and O–H groups in total. The lowest BCUT2D eigenvalue weighted by molar-refractivity contribution is -0.156. The topological polar surface area (TPSA) is 95.9 Å². The van der Waals surface area contributed by atoms with Crippen molar-refractivity contribution in [2.24, 2.45) is 29.6 Å². The van der Waals surface area contributed by atoms with E-state index in [0.717, 1.165) is 11.1 Å². The van der Waals surface area contributed by atoms with Gasteiger partial charge in [0.25, 0.3) is 0 Å². The lowest BCUT2D eigenvalue weighted by Crippen LogP contribution is -2.51. The number of benzene rings is 1. The summed E-state index contributed by atoms with van der Waals surface area (Å²) >= 11 is 0. The number of hydrogen-bond acceptors (Lipinski definition) is 5. The maximum atomic E-state index is 14.0. The molecule has 0 aromatic heterocycles. The van der Waals surface area contributed by atoms with Gasteiger partial charge in [0.05, 0.1) is 31.1 Å². The molecule has 7 heteroatoms. The third kappa shape index (κ3) is 5.45. The van der Waals surface area contributed by atoms with E-state index < -0.39 is 35.8 Å². The number of hydrogen-bond donors (Lipinski definition) is 2. The van der Waals surface area contributed by atoms with Crippen molar-refractivity contribution in [1.82, 2.24) is 4.90 Å². The number of aliphatic hydroxyl groups is 1. The molecule has 1 aromatic rings. The van der Waals surface area contributed by atoms with Crippen molar-refractivity contribution in [3.63, 3.8) is 0 Å². The van der Waals surface area contributed by atoms with Crippen LogP contribution in [0.1, 0.15) is 51.7 Å². The molecule has 2 amide bonds. The van der Waals surface area contributed by atoms with Crippen molar-refractivity contribution in [3.05, 3.63) is 41.5 Å². The fourth-order valence-corrected chi connectivity index (χ4v) is 5.69. The number of likely N-dealkylation sites (tertiary alicyclic amines) is 1. The van der Waals surface area contributed by atoms with Gasteiger partial charge in [-0.2, -0.15) is 0 Å². The summed E-state index contributed by atoms with van der Waals surface area (Å²) < 4.78 is 5.38. The van der Waals surface area contributed by atoms with E-state index >= 15 is 0 Å². The molecule has 2 aliphatic rings. The van der Waals surface area contributed by atoms with Crippen LogP contribution in [0.5, 0.6) is 0 Å². The van der Waals surface area contributed by atoms with Gasteiger partial charge in [-0.3, -0.25) is 14.4 Å². The van der Waals surface area contributed by atoms with Gasteiger partial charge in [-0.15, -0.1) is 0 Å². The van der Waals surface area contributed by atoms with Crippen molar-refractivity contribution < 1.29 is 24.2 Å². The first-order valence-electron chi connectivity index (χ1n) is 12.8. The van der Waals surface area contributed by atoms with Crippen LogP contribution in [0, 0.1) is 43.4 Å². The molecular weight excluding hydrogens is 444 g/mol. The molecular formula is C28H40N2O5. The normalized spacial score (nSPS) is 26.6. The van der Waals surface area contributed by atoms with Crippen molar-refractivity contribution in [1.29, 1.82) is 0 Å². The minimum atomic E-state index is -0.825. The predicted molar refractivity (Wildman–Crippen MR) is 136 cm³/mol. The Hall–Kier alpha value is -2.67. The van der Waals surface area contributed by atoms with Crippen LogP contribution < -0.4 is 5.32 Å². The highest BCUT2D eigenvalue weighted by Gasteiger charge is 2.58.